The van der Waals surface area contributed by atoms with Crippen molar-refractivity contribution in [1.29, 1.82) is 0 Å². The minimum absolute atomic E-state index is 0.145. The fourth-order valence-electron chi connectivity index (χ4n) is 3.78. The molecule has 0 aliphatic carbocycles. The van der Waals surface area contributed by atoms with E-state index in [1.54, 1.807) is 6.20 Å². The Hall–Kier alpha value is -1.66. The molecule has 2 fully saturated rings. The minimum Gasteiger partial charge on any atom is -0.379 e. The van der Waals surface area contributed by atoms with E-state index >= 15 is 0 Å². The van der Waals surface area contributed by atoms with Gasteiger partial charge in [-0.1, -0.05) is 0 Å². The molecule has 1 aromatic heterocycles. The molecule has 1 atom stereocenters. The van der Waals surface area contributed by atoms with Crippen molar-refractivity contribution >= 4 is 5.91 Å². The topological polar surface area (TPSA) is 65.6 Å². The number of amides is 1. The summed E-state index contributed by atoms with van der Waals surface area (Å²) < 4.78 is 5.43. The number of ether oxygens (including phenoxy) is 1. The monoisotopic (exact) mass is 333 g/mol. The van der Waals surface area contributed by atoms with Crippen molar-refractivity contribution in [2.75, 3.05) is 39.4 Å². The van der Waals surface area contributed by atoms with Gasteiger partial charge in [0.2, 0.25) is 0 Å². The molecule has 6 nitrogen and oxygen atoms in total. The fourth-order valence-corrected chi connectivity index (χ4v) is 3.78. The first-order chi connectivity index (χ1) is 11.6. The van der Waals surface area contributed by atoms with Crippen LogP contribution in [-0.4, -0.2) is 66.1 Å². The number of hydrogen-bond donors (Lipinski definition) is 1. The van der Waals surface area contributed by atoms with Crippen LogP contribution in [0.3, 0.4) is 0 Å². The number of morpholine rings is 1. The Kier molecular flexibility index (Phi) is 5.36. The second kappa shape index (κ2) is 7.49. The van der Waals surface area contributed by atoms with E-state index in [1.165, 1.54) is 6.07 Å². The van der Waals surface area contributed by atoms with Gasteiger partial charge in [-0.25, -0.2) is 0 Å². The Labute approximate surface area is 142 Å². The van der Waals surface area contributed by atoms with Gasteiger partial charge >= 0.3 is 0 Å². The van der Waals surface area contributed by atoms with Crippen LogP contribution in [-0.2, 0) is 4.74 Å². The molecule has 3 rings (SSSR count). The van der Waals surface area contributed by atoms with Crippen LogP contribution in [0.15, 0.2) is 17.1 Å². The summed E-state index contributed by atoms with van der Waals surface area (Å²) in [6.07, 6.45) is 3.53. The number of nitrogens with one attached hydrogen (secondary N) is 1. The van der Waals surface area contributed by atoms with Gasteiger partial charge in [0.1, 0.15) is 5.56 Å². The van der Waals surface area contributed by atoms with E-state index in [2.05, 4.69) is 16.8 Å². The summed E-state index contributed by atoms with van der Waals surface area (Å²) in [6, 6.07) is 2.01. The molecule has 3 heterocycles. The van der Waals surface area contributed by atoms with Crippen molar-refractivity contribution in [2.45, 2.75) is 32.7 Å². The Morgan fingerprint density at radius 3 is 2.54 bits per heavy atom. The van der Waals surface area contributed by atoms with E-state index in [1.807, 2.05) is 11.8 Å². The third kappa shape index (κ3) is 3.70. The summed E-state index contributed by atoms with van der Waals surface area (Å²) in [7, 11) is 0. The minimum atomic E-state index is -0.194. The summed E-state index contributed by atoms with van der Waals surface area (Å²) in [5.74, 6) is 0.456. The fraction of sp³-hybridized carbons (Fsp3) is 0.667. The number of piperidine rings is 1. The number of carbonyl (C=O) groups excluding carboxylic acids is 1. The van der Waals surface area contributed by atoms with Gasteiger partial charge < -0.3 is 14.6 Å². The van der Waals surface area contributed by atoms with Crippen LogP contribution in [0.4, 0.5) is 0 Å². The van der Waals surface area contributed by atoms with Gasteiger partial charge in [-0.15, -0.1) is 0 Å². The van der Waals surface area contributed by atoms with Crippen molar-refractivity contribution in [3.63, 3.8) is 0 Å². The van der Waals surface area contributed by atoms with Gasteiger partial charge in [0.05, 0.1) is 13.2 Å². The highest BCUT2D eigenvalue weighted by atomic mass is 16.5. The van der Waals surface area contributed by atoms with Gasteiger partial charge in [-0.2, -0.15) is 0 Å². The number of aromatic nitrogens is 1. The molecule has 132 valence electrons. The maximum Gasteiger partial charge on any atom is 0.259 e. The third-order valence-electron chi connectivity index (χ3n) is 5.42. The third-order valence-corrected chi connectivity index (χ3v) is 5.42. The molecule has 2 saturated heterocycles. The van der Waals surface area contributed by atoms with Crippen LogP contribution in [0.5, 0.6) is 0 Å². The zero-order valence-corrected chi connectivity index (χ0v) is 14.6. The lowest BCUT2D eigenvalue weighted by molar-refractivity contribution is -0.000960. The number of hydrogen-bond acceptors (Lipinski definition) is 4. The number of carbonyl (C=O) groups is 1. The standard InChI is InChI=1S/C18H27N3O3/c1-13-11-17(22)16(12-19-13)18(23)21-5-3-15(4-6-21)14(2)20-7-9-24-10-8-20/h11-12,14-15H,3-10H2,1-2H3,(H,19,22)/t14-/m1/s1. The molecule has 2 aliphatic rings. The number of nitrogens with zero attached hydrogens (tertiary/aromatic N) is 2. The molecule has 0 aromatic carbocycles. The van der Waals surface area contributed by atoms with Gasteiger partial charge in [-0.05, 0) is 32.6 Å². The largest absolute Gasteiger partial charge is 0.379 e. The highest BCUT2D eigenvalue weighted by Crippen LogP contribution is 2.25. The molecule has 2 aliphatic heterocycles. The van der Waals surface area contributed by atoms with Gasteiger partial charge in [0, 0.05) is 50.2 Å². The van der Waals surface area contributed by atoms with Crippen molar-refractivity contribution < 1.29 is 9.53 Å². The maximum absolute atomic E-state index is 12.6. The van der Waals surface area contributed by atoms with Crippen LogP contribution < -0.4 is 5.43 Å². The number of aryl methyl sites for hydroxylation is 1. The highest BCUT2D eigenvalue weighted by molar-refractivity contribution is 5.93. The first-order valence-electron chi connectivity index (χ1n) is 8.86. The lowest BCUT2D eigenvalue weighted by Crippen LogP contribution is -2.49. The summed E-state index contributed by atoms with van der Waals surface area (Å²) >= 11 is 0. The maximum atomic E-state index is 12.6. The number of pyridine rings is 1. The number of aromatic amines is 1. The SMILES string of the molecule is Cc1cc(=O)c(C(=O)N2CCC([C@@H](C)N3CCOCC3)CC2)c[nH]1. The van der Waals surface area contributed by atoms with Crippen LogP contribution in [0.1, 0.15) is 35.8 Å². The molecule has 0 bridgehead atoms. The van der Waals surface area contributed by atoms with Crippen LogP contribution in [0.2, 0.25) is 0 Å². The lowest BCUT2D eigenvalue weighted by Gasteiger charge is -2.41. The van der Waals surface area contributed by atoms with Gasteiger partial charge in [0.25, 0.3) is 5.91 Å². The zero-order valence-electron chi connectivity index (χ0n) is 14.6. The Morgan fingerprint density at radius 2 is 1.92 bits per heavy atom. The number of H-pyrrole nitrogens is 1. The van der Waals surface area contributed by atoms with Crippen molar-refractivity contribution in [2.24, 2.45) is 5.92 Å². The van der Waals surface area contributed by atoms with Crippen molar-refractivity contribution in [3.8, 4) is 0 Å². The van der Waals surface area contributed by atoms with Crippen LogP contribution >= 0.6 is 0 Å². The average molecular weight is 333 g/mol. The molecule has 0 unspecified atom stereocenters. The van der Waals surface area contributed by atoms with E-state index in [4.69, 9.17) is 4.74 Å². The number of rotatable bonds is 3. The predicted octanol–water partition coefficient (Wildman–Crippen LogP) is 1.26. The lowest BCUT2D eigenvalue weighted by atomic mass is 9.89. The van der Waals surface area contributed by atoms with Gasteiger partial charge in [-0.3, -0.25) is 14.5 Å². The summed E-state index contributed by atoms with van der Waals surface area (Å²) in [5, 5.41) is 0. The average Bonchev–Trinajstić information content (AvgIpc) is 2.61. The summed E-state index contributed by atoms with van der Waals surface area (Å²) in [5.41, 5.74) is 0.829. The quantitative estimate of drug-likeness (QED) is 0.904. The smallest absolute Gasteiger partial charge is 0.259 e. The molecule has 1 aromatic rings. The molecule has 1 N–H and O–H groups in total. The van der Waals surface area contributed by atoms with Crippen LogP contribution in [0, 0.1) is 12.8 Å². The molecule has 0 radical (unpaired) electrons. The summed E-state index contributed by atoms with van der Waals surface area (Å²) in [4.78, 5) is 31.9. The first-order valence-corrected chi connectivity index (χ1v) is 8.86. The van der Waals surface area contributed by atoms with Crippen LogP contribution in [0.25, 0.3) is 0 Å². The molecule has 0 spiro atoms. The van der Waals surface area contributed by atoms with E-state index in [9.17, 15) is 9.59 Å². The second-order valence-electron chi connectivity index (χ2n) is 6.91. The van der Waals surface area contributed by atoms with Gasteiger partial charge in [0.15, 0.2) is 5.43 Å². The molecule has 24 heavy (non-hydrogen) atoms. The molecular formula is C18H27N3O3. The van der Waals surface area contributed by atoms with E-state index in [-0.39, 0.29) is 16.9 Å². The zero-order chi connectivity index (χ0) is 17.1. The van der Waals surface area contributed by atoms with Crippen molar-refractivity contribution in [3.05, 3.63) is 33.7 Å². The van der Waals surface area contributed by atoms with E-state index in [0.717, 1.165) is 57.9 Å². The summed E-state index contributed by atoms with van der Waals surface area (Å²) in [6.45, 7) is 9.19. The Bertz CT molecular complexity index is 629. The molecular weight excluding hydrogens is 306 g/mol. The molecule has 6 heteroatoms. The Morgan fingerprint density at radius 1 is 1.25 bits per heavy atom. The second-order valence-corrected chi connectivity index (χ2v) is 6.91. The van der Waals surface area contributed by atoms with Crippen molar-refractivity contribution in [1.82, 2.24) is 14.8 Å². The van der Waals surface area contributed by atoms with E-state index < -0.39 is 0 Å². The molecule has 0 saturated carbocycles. The van der Waals surface area contributed by atoms with E-state index in [0.29, 0.717) is 12.0 Å². The highest BCUT2D eigenvalue weighted by Gasteiger charge is 2.30. The Balaban J connectivity index is 1.58. The first kappa shape index (κ1) is 17.2. The molecule has 1 amide bonds. The normalized spacial score (nSPS) is 21.7. The number of likely N-dealkylation sites (tertiary alicyclic amines) is 1. The predicted molar refractivity (Wildman–Crippen MR) is 92.3 cm³/mol.